The largest absolute Gasteiger partial charge is 1.00 e. The maximum atomic E-state index is 11.6. The Morgan fingerprint density at radius 1 is 1.04 bits per heavy atom. The maximum Gasteiger partial charge on any atom is 0.168 e. The van der Waals surface area contributed by atoms with Crippen LogP contribution in [0.5, 0.6) is 0 Å². The van der Waals surface area contributed by atoms with Gasteiger partial charge in [-0.3, -0.25) is 9.28 Å². The number of para-hydroxylation sites is 1. The molecule has 4 aliphatic rings. The van der Waals surface area contributed by atoms with Gasteiger partial charge in [0.25, 0.3) is 0 Å². The number of aromatic nitrogens is 1. The van der Waals surface area contributed by atoms with Crippen molar-refractivity contribution in [2.75, 3.05) is 40.0 Å². The average molecular weight is 390 g/mol. The second-order valence-corrected chi connectivity index (χ2v) is 7.20. The first-order valence-electron chi connectivity index (χ1n) is 8.09. The topological polar surface area (TPSA) is 39.7 Å². The van der Waals surface area contributed by atoms with Crippen molar-refractivity contribution in [3.05, 3.63) is 41.6 Å². The predicted octanol–water partition coefficient (Wildman–Crippen LogP) is -1.94. The molecule has 2 aromatic rings. The van der Waals surface area contributed by atoms with E-state index in [0.717, 1.165) is 73.8 Å². The van der Waals surface area contributed by atoms with Gasteiger partial charge < -0.3 is 17.0 Å². The van der Waals surface area contributed by atoms with Crippen LogP contribution in [-0.4, -0.2) is 70.5 Å². The van der Waals surface area contributed by atoms with Crippen LogP contribution in [0.2, 0.25) is 0 Å². The van der Waals surface area contributed by atoms with Crippen molar-refractivity contribution >= 4 is 17.2 Å². The number of carbonyl (C=O) groups is 1. The summed E-state index contributed by atoms with van der Waals surface area (Å²) in [6, 6.07) is 10.2. The van der Waals surface area contributed by atoms with Gasteiger partial charge in [0.1, 0.15) is 32.2 Å². The van der Waals surface area contributed by atoms with Gasteiger partial charge in [-0.1, -0.05) is 18.2 Å². The first kappa shape index (κ1) is 16.1. The first-order chi connectivity index (χ1) is 11.2. The Labute approximate surface area is 151 Å². The van der Waals surface area contributed by atoms with Crippen molar-refractivity contribution in [2.24, 2.45) is 0 Å². The summed E-state index contributed by atoms with van der Waals surface area (Å²) in [5, 5.41) is 1.11. The summed E-state index contributed by atoms with van der Waals surface area (Å²) in [7, 11) is 0. The molecule has 0 spiro atoms. The average Bonchev–Trinajstić information content (AvgIpc) is 2.52. The van der Waals surface area contributed by atoms with E-state index in [9.17, 15) is 4.79 Å². The van der Waals surface area contributed by atoms with E-state index in [1.54, 1.807) is 0 Å². The highest BCUT2D eigenvalue weighted by Crippen LogP contribution is 2.31. The van der Waals surface area contributed by atoms with Gasteiger partial charge in [-0.2, -0.15) is 0 Å². The Bertz CT molecular complexity index is 760. The van der Waals surface area contributed by atoms with Gasteiger partial charge in [0.15, 0.2) is 6.29 Å². The van der Waals surface area contributed by atoms with Gasteiger partial charge in [0, 0.05) is 10.9 Å². The number of halogens is 1. The van der Waals surface area contributed by atoms with E-state index in [1.165, 1.54) is 0 Å². The molecule has 0 N–H and O–H groups in total. The van der Waals surface area contributed by atoms with Crippen LogP contribution in [0.3, 0.4) is 0 Å². The van der Waals surface area contributed by atoms with Crippen LogP contribution in [0.25, 0.3) is 10.9 Å². The van der Waals surface area contributed by atoms with E-state index in [1.807, 2.05) is 18.2 Å². The Hall–Kier alpha value is -1.38. The van der Waals surface area contributed by atoms with Crippen molar-refractivity contribution in [1.29, 1.82) is 0 Å². The molecule has 6 nitrogen and oxygen atoms in total. The van der Waals surface area contributed by atoms with Crippen LogP contribution in [0.15, 0.2) is 30.3 Å². The number of benzene rings is 1. The zero-order chi connectivity index (χ0) is 15.4. The third kappa shape index (κ3) is 2.57. The highest BCUT2D eigenvalue weighted by molar-refractivity contribution is 5.85. The third-order valence-corrected chi connectivity index (χ3v) is 5.15. The molecule has 0 amide bonds. The molecule has 1 aromatic carbocycles. The molecular weight excluding hydrogens is 370 g/mol. The highest BCUT2D eigenvalue weighted by Gasteiger charge is 2.48. The van der Waals surface area contributed by atoms with Gasteiger partial charge in [-0.25, -0.2) is 19.7 Å². The second kappa shape index (κ2) is 5.86. The fraction of sp³-hybridized carbons (Fsp3) is 0.412. The Morgan fingerprint density at radius 3 is 2.29 bits per heavy atom. The van der Waals surface area contributed by atoms with Gasteiger partial charge in [0.05, 0.1) is 25.5 Å². The van der Waals surface area contributed by atoms with Crippen LogP contribution in [-0.2, 0) is 6.54 Å². The molecule has 5 heterocycles. The van der Waals surface area contributed by atoms with Crippen LogP contribution in [0.1, 0.15) is 16.1 Å². The lowest BCUT2D eigenvalue weighted by atomic mass is 10.1. The van der Waals surface area contributed by atoms with Crippen molar-refractivity contribution in [3.8, 4) is 0 Å². The molecule has 7 heteroatoms. The number of hydrogen-bond acceptors (Lipinski definition) is 5. The standard InChI is InChI=1S/C17H20N5O.BrH/c23-7-17-15(5-14-3-1-2-4-16(14)18-17)6-22-11-19-8-20(12-22)10-21(9-19)13-22;/h1-5,7H,6,8-13H2;1H/q+1;/p-1. The number of rotatable bonds is 3. The normalized spacial score (nSPS) is 33.4. The Balaban J connectivity index is 0.00000146. The van der Waals surface area contributed by atoms with E-state index in [0.29, 0.717) is 5.69 Å². The fourth-order valence-electron chi connectivity index (χ4n) is 4.57. The number of aldehydes is 1. The summed E-state index contributed by atoms with van der Waals surface area (Å²) < 4.78 is 0.987. The molecule has 0 unspecified atom stereocenters. The molecule has 6 rings (SSSR count). The zero-order valence-electron chi connectivity index (χ0n) is 13.4. The van der Waals surface area contributed by atoms with Crippen LogP contribution in [0.4, 0.5) is 0 Å². The van der Waals surface area contributed by atoms with E-state index < -0.39 is 0 Å². The van der Waals surface area contributed by atoms with Crippen molar-refractivity contribution in [3.63, 3.8) is 0 Å². The fourth-order valence-corrected chi connectivity index (χ4v) is 4.57. The van der Waals surface area contributed by atoms with E-state index in [2.05, 4.69) is 31.8 Å². The molecule has 24 heavy (non-hydrogen) atoms. The minimum Gasteiger partial charge on any atom is -1.00 e. The Kier molecular flexibility index (Phi) is 3.93. The van der Waals surface area contributed by atoms with E-state index in [4.69, 9.17) is 0 Å². The molecule has 4 bridgehead atoms. The molecular formula is C17H20BrN5O. The smallest absolute Gasteiger partial charge is 0.168 e. The number of quaternary nitrogens is 1. The maximum absolute atomic E-state index is 11.6. The van der Waals surface area contributed by atoms with Crippen LogP contribution >= 0.6 is 0 Å². The van der Waals surface area contributed by atoms with Gasteiger partial charge in [-0.05, 0) is 12.1 Å². The quantitative estimate of drug-likeness (QED) is 0.451. The lowest BCUT2D eigenvalue weighted by Gasteiger charge is -2.60. The highest BCUT2D eigenvalue weighted by atomic mass is 79.9. The number of carbonyl (C=O) groups excluding carboxylic acids is 1. The Morgan fingerprint density at radius 2 is 1.67 bits per heavy atom. The second-order valence-electron chi connectivity index (χ2n) is 7.20. The predicted molar refractivity (Wildman–Crippen MR) is 85.8 cm³/mol. The van der Waals surface area contributed by atoms with Crippen molar-refractivity contribution < 1.29 is 26.3 Å². The molecule has 4 fully saturated rings. The molecule has 0 saturated carbocycles. The van der Waals surface area contributed by atoms with E-state index in [-0.39, 0.29) is 17.0 Å². The SMILES string of the molecule is O=Cc1nc2ccccc2cc1C[N+]12CN3CN(CN(C3)C1)C2.[Br-]. The van der Waals surface area contributed by atoms with Crippen molar-refractivity contribution in [2.45, 2.75) is 6.54 Å². The molecule has 0 radical (unpaired) electrons. The first-order valence-corrected chi connectivity index (χ1v) is 8.09. The molecule has 1 aromatic heterocycles. The number of fused-ring (bicyclic) bond motifs is 1. The van der Waals surface area contributed by atoms with Crippen molar-refractivity contribution in [1.82, 2.24) is 19.7 Å². The lowest BCUT2D eigenvalue weighted by molar-refractivity contribution is -0.991. The molecule has 126 valence electrons. The minimum atomic E-state index is 0. The molecule has 4 saturated heterocycles. The van der Waals surface area contributed by atoms with E-state index >= 15 is 0 Å². The number of hydrogen-bond donors (Lipinski definition) is 0. The zero-order valence-corrected chi connectivity index (χ0v) is 15.0. The number of nitrogens with zero attached hydrogens (tertiary/aromatic N) is 5. The summed E-state index contributed by atoms with van der Waals surface area (Å²) in [5.41, 5.74) is 2.56. The number of pyridine rings is 1. The monoisotopic (exact) mass is 389 g/mol. The van der Waals surface area contributed by atoms with Gasteiger partial charge in [0.2, 0.25) is 0 Å². The summed E-state index contributed by atoms with van der Waals surface area (Å²) in [5.74, 6) is 0. The summed E-state index contributed by atoms with van der Waals surface area (Å²) in [6.45, 7) is 7.30. The molecule has 0 aliphatic carbocycles. The summed E-state index contributed by atoms with van der Waals surface area (Å²) in [6.07, 6.45) is 0.910. The van der Waals surface area contributed by atoms with Crippen LogP contribution in [0, 0.1) is 0 Å². The summed E-state index contributed by atoms with van der Waals surface area (Å²) in [4.78, 5) is 23.6. The third-order valence-electron chi connectivity index (χ3n) is 5.15. The van der Waals surface area contributed by atoms with Crippen LogP contribution < -0.4 is 17.0 Å². The minimum absolute atomic E-state index is 0. The van der Waals surface area contributed by atoms with Gasteiger partial charge >= 0.3 is 0 Å². The van der Waals surface area contributed by atoms with Gasteiger partial charge in [-0.15, -0.1) is 0 Å². The lowest BCUT2D eigenvalue weighted by Crippen LogP contribution is -3.00. The summed E-state index contributed by atoms with van der Waals surface area (Å²) >= 11 is 0. The molecule has 0 atom stereocenters. The molecule has 4 aliphatic heterocycles.